The van der Waals surface area contributed by atoms with Gasteiger partial charge in [-0.2, -0.15) is 0 Å². The lowest BCUT2D eigenvalue weighted by Gasteiger charge is -2.39. The minimum absolute atomic E-state index is 0.0469. The van der Waals surface area contributed by atoms with Gasteiger partial charge in [-0.1, -0.05) is 37.6 Å². The Kier molecular flexibility index (Phi) is 4.50. The van der Waals surface area contributed by atoms with Gasteiger partial charge in [0.15, 0.2) is 5.84 Å². The van der Waals surface area contributed by atoms with Crippen LogP contribution in [0.15, 0.2) is 29.4 Å². The predicted molar refractivity (Wildman–Crippen MR) is 82.5 cm³/mol. The van der Waals surface area contributed by atoms with E-state index in [0.29, 0.717) is 16.5 Å². The Morgan fingerprint density at radius 2 is 1.81 bits per heavy atom. The highest BCUT2D eigenvalue weighted by Crippen LogP contribution is 2.34. The third kappa shape index (κ3) is 3.35. The minimum atomic E-state index is 0.0469. The van der Waals surface area contributed by atoms with Crippen LogP contribution < -0.4 is 5.73 Å². The summed E-state index contributed by atoms with van der Waals surface area (Å²) >= 11 is 0. The molecular formula is C16H23N3O2. The zero-order valence-electron chi connectivity index (χ0n) is 12.7. The number of rotatable bonds is 3. The van der Waals surface area contributed by atoms with Crippen LogP contribution >= 0.6 is 0 Å². The molecule has 5 nitrogen and oxygen atoms in total. The molecule has 1 aliphatic rings. The van der Waals surface area contributed by atoms with Gasteiger partial charge in [-0.05, 0) is 30.4 Å². The van der Waals surface area contributed by atoms with Crippen molar-refractivity contribution in [1.82, 2.24) is 4.90 Å². The summed E-state index contributed by atoms with van der Waals surface area (Å²) in [4.78, 5) is 14.4. The molecule has 0 aromatic heterocycles. The molecule has 21 heavy (non-hydrogen) atoms. The van der Waals surface area contributed by atoms with Crippen LogP contribution in [0.3, 0.4) is 0 Å². The molecule has 2 rings (SSSR count). The van der Waals surface area contributed by atoms with E-state index in [0.717, 1.165) is 32.4 Å². The first kappa shape index (κ1) is 15.4. The Hall–Kier alpha value is -2.04. The summed E-state index contributed by atoms with van der Waals surface area (Å²) in [5.74, 6) is 0.102. The second-order valence-corrected chi connectivity index (χ2v) is 6.02. The smallest absolute Gasteiger partial charge is 0.253 e. The minimum Gasteiger partial charge on any atom is -0.409 e. The fraction of sp³-hybridized carbons (Fsp3) is 0.500. The summed E-state index contributed by atoms with van der Waals surface area (Å²) in [6, 6.07) is 6.84. The van der Waals surface area contributed by atoms with Gasteiger partial charge in [-0.15, -0.1) is 0 Å². The van der Waals surface area contributed by atoms with Crippen LogP contribution in [0.5, 0.6) is 0 Å². The number of likely N-dealkylation sites (tertiary alicyclic amines) is 1. The van der Waals surface area contributed by atoms with Crippen LogP contribution in [0, 0.1) is 5.41 Å². The maximum absolute atomic E-state index is 12.5. The Morgan fingerprint density at radius 3 is 2.29 bits per heavy atom. The summed E-state index contributed by atoms with van der Waals surface area (Å²) in [6.07, 6.45) is 3.26. The van der Waals surface area contributed by atoms with Crippen molar-refractivity contribution in [1.29, 1.82) is 0 Å². The number of amides is 1. The fourth-order valence-corrected chi connectivity index (χ4v) is 2.63. The molecular weight excluding hydrogens is 266 g/mol. The molecule has 0 aliphatic carbocycles. The molecule has 0 unspecified atom stereocenters. The number of benzene rings is 1. The molecule has 1 aromatic carbocycles. The molecule has 0 saturated carbocycles. The topological polar surface area (TPSA) is 78.9 Å². The van der Waals surface area contributed by atoms with E-state index in [1.807, 2.05) is 4.90 Å². The van der Waals surface area contributed by atoms with Gasteiger partial charge in [-0.25, -0.2) is 0 Å². The lowest BCUT2D eigenvalue weighted by molar-refractivity contribution is 0.0600. The number of hydrogen-bond donors (Lipinski definition) is 2. The van der Waals surface area contributed by atoms with E-state index in [9.17, 15) is 4.79 Å². The largest absolute Gasteiger partial charge is 0.409 e. The molecule has 114 valence electrons. The highest BCUT2D eigenvalue weighted by Gasteiger charge is 2.30. The van der Waals surface area contributed by atoms with Gasteiger partial charge in [0.1, 0.15) is 0 Å². The van der Waals surface area contributed by atoms with Crippen molar-refractivity contribution in [2.24, 2.45) is 16.3 Å². The Balaban J connectivity index is 2.04. The lowest BCUT2D eigenvalue weighted by Crippen LogP contribution is -2.41. The first-order chi connectivity index (χ1) is 9.99. The van der Waals surface area contributed by atoms with Crippen LogP contribution in [0.2, 0.25) is 0 Å². The van der Waals surface area contributed by atoms with Gasteiger partial charge < -0.3 is 15.8 Å². The SMILES string of the molecule is CCC1(C)CCN(C(=O)c2ccc(C(N)=NO)cc2)CC1. The number of carbonyl (C=O) groups is 1. The number of oxime groups is 1. The highest BCUT2D eigenvalue weighted by atomic mass is 16.4. The monoisotopic (exact) mass is 289 g/mol. The maximum Gasteiger partial charge on any atom is 0.253 e. The molecule has 3 N–H and O–H groups in total. The zero-order chi connectivity index (χ0) is 15.5. The molecule has 1 aromatic rings. The van der Waals surface area contributed by atoms with Crippen molar-refractivity contribution in [3.63, 3.8) is 0 Å². The van der Waals surface area contributed by atoms with Crippen LogP contribution in [-0.2, 0) is 0 Å². The number of carbonyl (C=O) groups excluding carboxylic acids is 1. The van der Waals surface area contributed by atoms with Crippen molar-refractivity contribution in [3.05, 3.63) is 35.4 Å². The maximum atomic E-state index is 12.5. The van der Waals surface area contributed by atoms with E-state index >= 15 is 0 Å². The summed E-state index contributed by atoms with van der Waals surface area (Å²) in [7, 11) is 0. The molecule has 0 atom stereocenters. The van der Waals surface area contributed by atoms with Crippen LogP contribution in [0.1, 0.15) is 49.0 Å². The van der Waals surface area contributed by atoms with E-state index in [4.69, 9.17) is 10.9 Å². The average Bonchev–Trinajstić information content (AvgIpc) is 2.54. The van der Waals surface area contributed by atoms with Gasteiger partial charge in [0.2, 0.25) is 0 Å². The van der Waals surface area contributed by atoms with E-state index in [-0.39, 0.29) is 11.7 Å². The number of piperidine rings is 1. The molecule has 1 fully saturated rings. The normalized spacial score (nSPS) is 18.6. The van der Waals surface area contributed by atoms with Crippen LogP contribution in [0.4, 0.5) is 0 Å². The summed E-state index contributed by atoms with van der Waals surface area (Å²) in [5.41, 5.74) is 7.13. The average molecular weight is 289 g/mol. The van der Waals surface area contributed by atoms with E-state index < -0.39 is 0 Å². The summed E-state index contributed by atoms with van der Waals surface area (Å²) in [5, 5.41) is 11.6. The Bertz CT molecular complexity index is 529. The predicted octanol–water partition coefficient (Wildman–Crippen LogP) is 2.43. The first-order valence-corrected chi connectivity index (χ1v) is 7.36. The van der Waals surface area contributed by atoms with E-state index in [2.05, 4.69) is 19.0 Å². The van der Waals surface area contributed by atoms with Gasteiger partial charge in [0, 0.05) is 24.2 Å². The Morgan fingerprint density at radius 1 is 1.29 bits per heavy atom. The standard InChI is InChI=1S/C16H23N3O2/c1-3-16(2)8-10-19(11-9-16)15(20)13-6-4-12(5-7-13)14(17)18-21/h4-7,21H,3,8-11H2,1-2H3,(H2,17,18). The quantitative estimate of drug-likeness (QED) is 0.388. The molecule has 1 heterocycles. The highest BCUT2D eigenvalue weighted by molar-refractivity contribution is 5.99. The number of amidine groups is 1. The van der Waals surface area contributed by atoms with Crippen molar-refractivity contribution < 1.29 is 10.0 Å². The number of nitrogens with two attached hydrogens (primary N) is 1. The number of nitrogens with zero attached hydrogens (tertiary/aromatic N) is 2. The molecule has 0 spiro atoms. The molecule has 0 bridgehead atoms. The van der Waals surface area contributed by atoms with Crippen molar-refractivity contribution in [2.45, 2.75) is 33.1 Å². The molecule has 1 amide bonds. The second kappa shape index (κ2) is 6.16. The van der Waals surface area contributed by atoms with Gasteiger partial charge in [0.05, 0.1) is 0 Å². The summed E-state index contributed by atoms with van der Waals surface area (Å²) in [6.45, 7) is 6.13. The zero-order valence-corrected chi connectivity index (χ0v) is 12.7. The summed E-state index contributed by atoms with van der Waals surface area (Å²) < 4.78 is 0. The van der Waals surface area contributed by atoms with Gasteiger partial charge in [-0.3, -0.25) is 4.79 Å². The van der Waals surface area contributed by atoms with E-state index in [1.165, 1.54) is 0 Å². The third-order valence-corrected chi connectivity index (χ3v) is 4.65. The molecule has 0 radical (unpaired) electrons. The first-order valence-electron chi connectivity index (χ1n) is 7.36. The van der Waals surface area contributed by atoms with Crippen molar-refractivity contribution in [3.8, 4) is 0 Å². The van der Waals surface area contributed by atoms with Crippen molar-refractivity contribution in [2.75, 3.05) is 13.1 Å². The van der Waals surface area contributed by atoms with Crippen LogP contribution in [0.25, 0.3) is 0 Å². The Labute approximate surface area is 125 Å². The molecule has 1 aliphatic heterocycles. The van der Waals surface area contributed by atoms with E-state index in [1.54, 1.807) is 24.3 Å². The van der Waals surface area contributed by atoms with Crippen molar-refractivity contribution >= 4 is 11.7 Å². The molecule has 1 saturated heterocycles. The van der Waals surface area contributed by atoms with Gasteiger partial charge in [0.25, 0.3) is 5.91 Å². The third-order valence-electron chi connectivity index (χ3n) is 4.65. The lowest BCUT2D eigenvalue weighted by atomic mass is 9.78. The second-order valence-electron chi connectivity index (χ2n) is 6.02. The van der Waals surface area contributed by atoms with Crippen LogP contribution in [-0.4, -0.2) is 34.9 Å². The molecule has 5 heteroatoms. The number of hydrogen-bond acceptors (Lipinski definition) is 3. The fourth-order valence-electron chi connectivity index (χ4n) is 2.63. The van der Waals surface area contributed by atoms with Gasteiger partial charge >= 0.3 is 0 Å².